The lowest BCUT2D eigenvalue weighted by atomic mass is 9.80. The highest BCUT2D eigenvalue weighted by Gasteiger charge is 2.36. The lowest BCUT2D eigenvalue weighted by molar-refractivity contribution is -0.256. The summed E-state index contributed by atoms with van der Waals surface area (Å²) >= 11 is 0. The number of hydrogen-bond donors (Lipinski definition) is 0. The third-order valence-corrected chi connectivity index (χ3v) is 7.21. The molecule has 2 aliphatic carbocycles. The van der Waals surface area contributed by atoms with Crippen molar-refractivity contribution in [3.05, 3.63) is 12.7 Å². The molecule has 0 atom stereocenters. The van der Waals surface area contributed by atoms with E-state index in [0.29, 0.717) is 11.8 Å². The highest BCUT2D eigenvalue weighted by molar-refractivity contribution is 4.84. The minimum absolute atomic E-state index is 0.0930. The van der Waals surface area contributed by atoms with E-state index in [9.17, 15) is 8.78 Å². The molecule has 0 aromatic carbocycles. The lowest BCUT2D eigenvalue weighted by Crippen LogP contribution is -2.30. The molecule has 0 aromatic heterocycles. The van der Waals surface area contributed by atoms with Crippen LogP contribution in [0.4, 0.5) is 8.78 Å². The summed E-state index contributed by atoms with van der Waals surface area (Å²) in [6.45, 7) is 6.33. The average Bonchev–Trinajstić information content (AvgIpc) is 2.70. The van der Waals surface area contributed by atoms with Crippen LogP contribution in [0.15, 0.2) is 12.7 Å². The standard InChI is InChI=1S/C25H44F2O/c1-3-5-6-7-8-9-10-22-13-17-24(18-14-22)20-28-25(26,27)19-23-15-11-21(4-2)12-16-23/h4,21-24H,2-3,5-20H2,1H3. The molecule has 0 amide bonds. The Morgan fingerprint density at radius 2 is 1.39 bits per heavy atom. The molecule has 2 rings (SSSR count). The van der Waals surface area contributed by atoms with Crippen molar-refractivity contribution in [2.24, 2.45) is 23.7 Å². The predicted octanol–water partition coefficient (Wildman–Crippen LogP) is 8.54. The summed E-state index contributed by atoms with van der Waals surface area (Å²) in [4.78, 5) is 0. The molecule has 0 N–H and O–H groups in total. The van der Waals surface area contributed by atoms with E-state index in [1.54, 1.807) is 0 Å². The van der Waals surface area contributed by atoms with Crippen LogP contribution in [0.3, 0.4) is 0 Å². The Bertz CT molecular complexity index is 407. The molecule has 0 spiro atoms. The van der Waals surface area contributed by atoms with E-state index < -0.39 is 6.11 Å². The Kier molecular flexibility index (Phi) is 11.1. The number of ether oxygens (including phenoxy) is 1. The summed E-state index contributed by atoms with van der Waals surface area (Å²) in [5.41, 5.74) is 0. The smallest absolute Gasteiger partial charge is 0.320 e. The van der Waals surface area contributed by atoms with Gasteiger partial charge in [0.15, 0.2) is 0 Å². The van der Waals surface area contributed by atoms with Crippen LogP contribution in [0.25, 0.3) is 0 Å². The van der Waals surface area contributed by atoms with Gasteiger partial charge in [0.05, 0.1) is 6.61 Å². The van der Waals surface area contributed by atoms with Crippen LogP contribution in [0.2, 0.25) is 0 Å². The van der Waals surface area contributed by atoms with Gasteiger partial charge in [-0.25, -0.2) is 0 Å². The van der Waals surface area contributed by atoms with E-state index in [0.717, 1.165) is 44.4 Å². The van der Waals surface area contributed by atoms with Crippen molar-refractivity contribution in [1.29, 1.82) is 0 Å². The number of halogens is 2. The van der Waals surface area contributed by atoms with E-state index >= 15 is 0 Å². The van der Waals surface area contributed by atoms with Gasteiger partial charge < -0.3 is 4.74 Å². The summed E-state index contributed by atoms with van der Waals surface area (Å²) in [5, 5.41) is 0. The van der Waals surface area contributed by atoms with Crippen LogP contribution < -0.4 is 0 Å². The minimum atomic E-state index is -2.94. The van der Waals surface area contributed by atoms with E-state index in [2.05, 4.69) is 13.5 Å². The summed E-state index contributed by atoms with van der Waals surface area (Å²) in [7, 11) is 0. The van der Waals surface area contributed by atoms with Gasteiger partial charge in [-0.1, -0.05) is 70.8 Å². The predicted molar refractivity (Wildman–Crippen MR) is 115 cm³/mol. The molecule has 2 fully saturated rings. The summed E-state index contributed by atoms with van der Waals surface area (Å²) in [6, 6.07) is 0. The van der Waals surface area contributed by atoms with Gasteiger partial charge in [-0.15, -0.1) is 6.58 Å². The maximum Gasteiger partial charge on any atom is 0.356 e. The highest BCUT2D eigenvalue weighted by Crippen LogP contribution is 2.38. The Morgan fingerprint density at radius 3 is 2.04 bits per heavy atom. The van der Waals surface area contributed by atoms with Crippen LogP contribution in [-0.2, 0) is 4.74 Å². The number of hydrogen-bond acceptors (Lipinski definition) is 1. The van der Waals surface area contributed by atoms with E-state index in [-0.39, 0.29) is 18.9 Å². The molecule has 0 radical (unpaired) electrons. The molecule has 0 aliphatic heterocycles. The first kappa shape index (κ1) is 23.8. The zero-order chi connectivity index (χ0) is 20.2. The first-order valence-corrected chi connectivity index (χ1v) is 12.2. The van der Waals surface area contributed by atoms with Crippen molar-refractivity contribution in [2.75, 3.05) is 6.61 Å². The Hall–Kier alpha value is -0.440. The van der Waals surface area contributed by atoms with Gasteiger partial charge in [-0.05, 0) is 62.2 Å². The third kappa shape index (κ3) is 9.37. The molecule has 3 heteroatoms. The topological polar surface area (TPSA) is 9.23 Å². The molecule has 0 unspecified atom stereocenters. The van der Waals surface area contributed by atoms with Crippen molar-refractivity contribution < 1.29 is 13.5 Å². The number of alkyl halides is 2. The second-order valence-corrected chi connectivity index (χ2v) is 9.61. The zero-order valence-corrected chi connectivity index (χ0v) is 18.3. The molecule has 1 nitrogen and oxygen atoms in total. The Morgan fingerprint density at radius 1 is 0.821 bits per heavy atom. The summed E-state index contributed by atoms with van der Waals surface area (Å²) in [6.07, 6.45) is 16.8. The number of rotatable bonds is 13. The average molecular weight is 399 g/mol. The first-order valence-electron chi connectivity index (χ1n) is 12.2. The van der Waals surface area contributed by atoms with Crippen molar-refractivity contribution in [1.82, 2.24) is 0 Å². The fraction of sp³-hybridized carbons (Fsp3) is 0.920. The molecule has 2 aliphatic rings. The Balaban J connectivity index is 1.54. The van der Waals surface area contributed by atoms with Gasteiger partial charge in [0.2, 0.25) is 0 Å². The fourth-order valence-electron chi connectivity index (χ4n) is 5.16. The van der Waals surface area contributed by atoms with E-state index in [4.69, 9.17) is 4.74 Å². The molecule has 164 valence electrons. The molecular formula is C25H44F2O. The summed E-state index contributed by atoms with van der Waals surface area (Å²) in [5.74, 6) is 1.79. The van der Waals surface area contributed by atoms with Crippen LogP contribution >= 0.6 is 0 Å². The molecule has 0 saturated heterocycles. The van der Waals surface area contributed by atoms with Crippen LogP contribution in [0.1, 0.15) is 110 Å². The fourth-order valence-corrected chi connectivity index (χ4v) is 5.16. The van der Waals surface area contributed by atoms with Crippen LogP contribution in [0.5, 0.6) is 0 Å². The first-order chi connectivity index (χ1) is 13.5. The SMILES string of the molecule is C=CC1CCC(CC(F)(F)OCC2CCC(CCCCCCCC)CC2)CC1. The largest absolute Gasteiger partial charge is 0.356 e. The van der Waals surface area contributed by atoms with Gasteiger partial charge in [-0.3, -0.25) is 0 Å². The highest BCUT2D eigenvalue weighted by atomic mass is 19.3. The molecular weight excluding hydrogens is 354 g/mol. The molecule has 0 aromatic rings. The molecule has 28 heavy (non-hydrogen) atoms. The van der Waals surface area contributed by atoms with Gasteiger partial charge in [-0.2, -0.15) is 8.78 Å². The third-order valence-electron chi connectivity index (χ3n) is 7.21. The number of unbranched alkanes of at least 4 members (excludes halogenated alkanes) is 5. The van der Waals surface area contributed by atoms with Crippen molar-refractivity contribution in [2.45, 2.75) is 116 Å². The van der Waals surface area contributed by atoms with Crippen molar-refractivity contribution in [3.63, 3.8) is 0 Å². The van der Waals surface area contributed by atoms with Crippen molar-refractivity contribution in [3.8, 4) is 0 Å². The quantitative estimate of drug-likeness (QED) is 0.223. The second kappa shape index (κ2) is 13.0. The van der Waals surface area contributed by atoms with Gasteiger partial charge in [0.25, 0.3) is 0 Å². The van der Waals surface area contributed by atoms with Crippen molar-refractivity contribution >= 4 is 0 Å². The van der Waals surface area contributed by atoms with Gasteiger partial charge in [0, 0.05) is 6.42 Å². The summed E-state index contributed by atoms with van der Waals surface area (Å²) < 4.78 is 33.7. The van der Waals surface area contributed by atoms with Gasteiger partial charge >= 0.3 is 6.11 Å². The van der Waals surface area contributed by atoms with Crippen LogP contribution in [-0.4, -0.2) is 12.7 Å². The molecule has 2 saturated carbocycles. The maximum atomic E-state index is 14.3. The zero-order valence-electron chi connectivity index (χ0n) is 18.3. The molecule has 0 bridgehead atoms. The monoisotopic (exact) mass is 398 g/mol. The normalized spacial score (nSPS) is 29.0. The minimum Gasteiger partial charge on any atom is -0.320 e. The molecule has 0 heterocycles. The van der Waals surface area contributed by atoms with E-state index in [1.807, 2.05) is 6.08 Å². The number of allylic oxidation sites excluding steroid dienone is 1. The Labute approximate surface area is 172 Å². The van der Waals surface area contributed by atoms with E-state index in [1.165, 1.54) is 57.8 Å². The van der Waals surface area contributed by atoms with Crippen LogP contribution in [0, 0.1) is 23.7 Å². The lowest BCUT2D eigenvalue weighted by Gasteiger charge is -2.32. The van der Waals surface area contributed by atoms with Gasteiger partial charge in [0.1, 0.15) is 0 Å². The maximum absolute atomic E-state index is 14.3. The second-order valence-electron chi connectivity index (χ2n) is 9.61.